The topological polar surface area (TPSA) is 98.8 Å². The number of piperazine rings is 1. The van der Waals surface area contributed by atoms with E-state index in [1.165, 1.54) is 31.2 Å². The van der Waals surface area contributed by atoms with Crippen molar-refractivity contribution in [1.82, 2.24) is 14.9 Å². The number of carbonyl (C=O) groups excluding carboxylic acids is 2. The third-order valence-electron chi connectivity index (χ3n) is 5.24. The van der Waals surface area contributed by atoms with E-state index in [4.69, 9.17) is 11.6 Å². The standard InChI is InChI=1S/C22H27ClN4O4S/c1-17(25-32(30,31)20-9-7-18(23)8-10-20)22(29)24-12-11-21(28)27-15-13-26(14-16-27)19-5-3-2-4-6-19/h2-10,17,25H,11-16H2,1H3,(H,24,29)/t17-/m0/s1. The highest BCUT2D eigenvalue weighted by Gasteiger charge is 2.23. The lowest BCUT2D eigenvalue weighted by molar-refractivity contribution is -0.131. The summed E-state index contributed by atoms with van der Waals surface area (Å²) in [5, 5.41) is 3.04. The van der Waals surface area contributed by atoms with Crippen molar-refractivity contribution < 1.29 is 18.0 Å². The SMILES string of the molecule is C[C@H](NS(=O)(=O)c1ccc(Cl)cc1)C(=O)NCCC(=O)N1CCN(c2ccccc2)CC1. The van der Waals surface area contributed by atoms with E-state index in [2.05, 4.69) is 27.1 Å². The van der Waals surface area contributed by atoms with Crippen LogP contribution in [0.25, 0.3) is 0 Å². The highest BCUT2D eigenvalue weighted by molar-refractivity contribution is 7.89. The van der Waals surface area contributed by atoms with Gasteiger partial charge in [-0.1, -0.05) is 29.8 Å². The number of nitrogens with one attached hydrogen (secondary N) is 2. The molecule has 0 unspecified atom stereocenters. The molecule has 2 N–H and O–H groups in total. The van der Waals surface area contributed by atoms with Crippen LogP contribution in [-0.4, -0.2) is 63.9 Å². The van der Waals surface area contributed by atoms with Crippen LogP contribution in [0, 0.1) is 0 Å². The first-order valence-corrected chi connectivity index (χ1v) is 12.3. The molecule has 3 rings (SSSR count). The predicted octanol–water partition coefficient (Wildman–Crippen LogP) is 1.86. The maximum atomic E-state index is 12.5. The highest BCUT2D eigenvalue weighted by Crippen LogP contribution is 2.16. The second kappa shape index (κ2) is 10.8. The first-order chi connectivity index (χ1) is 15.3. The minimum atomic E-state index is -3.86. The third kappa shape index (κ3) is 6.44. The zero-order valence-corrected chi connectivity index (χ0v) is 19.4. The molecule has 2 amide bonds. The van der Waals surface area contributed by atoms with Crippen LogP contribution in [0.5, 0.6) is 0 Å². The van der Waals surface area contributed by atoms with Crippen LogP contribution in [0.15, 0.2) is 59.5 Å². The Hall–Kier alpha value is -2.62. The average Bonchev–Trinajstić information content (AvgIpc) is 2.79. The van der Waals surface area contributed by atoms with E-state index in [1.54, 1.807) is 4.90 Å². The van der Waals surface area contributed by atoms with Gasteiger partial charge in [-0.3, -0.25) is 9.59 Å². The van der Waals surface area contributed by atoms with E-state index in [-0.39, 0.29) is 23.8 Å². The number of amides is 2. The molecule has 2 aromatic carbocycles. The Labute approximate surface area is 193 Å². The van der Waals surface area contributed by atoms with Crippen molar-refractivity contribution in [3.8, 4) is 0 Å². The summed E-state index contributed by atoms with van der Waals surface area (Å²) in [4.78, 5) is 28.8. The number of hydrogen-bond donors (Lipinski definition) is 2. The summed E-state index contributed by atoms with van der Waals surface area (Å²) in [6.45, 7) is 4.35. The summed E-state index contributed by atoms with van der Waals surface area (Å²) >= 11 is 5.78. The molecule has 1 saturated heterocycles. The number of nitrogens with zero attached hydrogens (tertiary/aromatic N) is 2. The molecule has 0 saturated carbocycles. The maximum absolute atomic E-state index is 12.5. The van der Waals surface area contributed by atoms with Gasteiger partial charge in [-0.05, 0) is 43.3 Å². The second-order valence-electron chi connectivity index (χ2n) is 7.54. The number of para-hydroxylation sites is 1. The van der Waals surface area contributed by atoms with Crippen molar-refractivity contribution in [2.45, 2.75) is 24.3 Å². The predicted molar refractivity (Wildman–Crippen MR) is 124 cm³/mol. The van der Waals surface area contributed by atoms with Crippen LogP contribution in [-0.2, 0) is 19.6 Å². The smallest absolute Gasteiger partial charge is 0.241 e. The van der Waals surface area contributed by atoms with Crippen molar-refractivity contribution in [3.63, 3.8) is 0 Å². The lowest BCUT2D eigenvalue weighted by atomic mass is 10.2. The monoisotopic (exact) mass is 478 g/mol. The van der Waals surface area contributed by atoms with Crippen molar-refractivity contribution in [1.29, 1.82) is 0 Å². The third-order valence-corrected chi connectivity index (χ3v) is 7.05. The summed E-state index contributed by atoms with van der Waals surface area (Å²) < 4.78 is 27.1. The first-order valence-electron chi connectivity index (χ1n) is 10.4. The fraction of sp³-hybridized carbons (Fsp3) is 0.364. The highest BCUT2D eigenvalue weighted by atomic mass is 35.5. The van der Waals surface area contributed by atoms with Gasteiger partial charge in [0.15, 0.2) is 0 Å². The van der Waals surface area contributed by atoms with Gasteiger partial charge in [0.25, 0.3) is 0 Å². The molecule has 0 aliphatic carbocycles. The average molecular weight is 479 g/mol. The summed E-state index contributed by atoms with van der Waals surface area (Å²) in [5.41, 5.74) is 1.14. The molecule has 1 fully saturated rings. The lowest BCUT2D eigenvalue weighted by Gasteiger charge is -2.36. The van der Waals surface area contributed by atoms with Crippen molar-refractivity contribution >= 4 is 39.1 Å². The summed E-state index contributed by atoms with van der Waals surface area (Å²) in [7, 11) is -3.86. The minimum absolute atomic E-state index is 0.0198. The van der Waals surface area contributed by atoms with Gasteiger partial charge in [0.1, 0.15) is 0 Å². The zero-order chi connectivity index (χ0) is 23.1. The van der Waals surface area contributed by atoms with E-state index in [1.807, 2.05) is 18.2 Å². The molecule has 8 nitrogen and oxygen atoms in total. The number of rotatable bonds is 8. The van der Waals surface area contributed by atoms with Gasteiger partial charge >= 0.3 is 0 Å². The molecule has 10 heteroatoms. The molecular weight excluding hydrogens is 452 g/mol. The molecule has 32 heavy (non-hydrogen) atoms. The number of anilines is 1. The lowest BCUT2D eigenvalue weighted by Crippen LogP contribution is -2.50. The first kappa shape index (κ1) is 24.0. The van der Waals surface area contributed by atoms with Crippen LogP contribution in [0.2, 0.25) is 5.02 Å². The number of benzene rings is 2. The quantitative estimate of drug-likeness (QED) is 0.603. The molecule has 0 bridgehead atoms. The number of carbonyl (C=O) groups is 2. The molecule has 1 aliphatic heterocycles. The zero-order valence-electron chi connectivity index (χ0n) is 17.8. The van der Waals surface area contributed by atoms with Crippen LogP contribution in [0.3, 0.4) is 0 Å². The molecule has 2 aromatic rings. The van der Waals surface area contributed by atoms with Crippen molar-refractivity contribution in [3.05, 3.63) is 59.6 Å². The van der Waals surface area contributed by atoms with E-state index in [0.29, 0.717) is 18.1 Å². The second-order valence-corrected chi connectivity index (χ2v) is 9.69. The van der Waals surface area contributed by atoms with Gasteiger partial charge < -0.3 is 15.1 Å². The molecule has 0 spiro atoms. The molecule has 172 valence electrons. The summed E-state index contributed by atoms with van der Waals surface area (Å²) in [5.74, 6) is -0.531. The number of halogens is 1. The molecular formula is C22H27ClN4O4S. The van der Waals surface area contributed by atoms with Gasteiger partial charge in [-0.15, -0.1) is 0 Å². The van der Waals surface area contributed by atoms with Crippen LogP contribution in [0.1, 0.15) is 13.3 Å². The number of sulfonamides is 1. The van der Waals surface area contributed by atoms with E-state index < -0.39 is 22.0 Å². The van der Waals surface area contributed by atoms with E-state index >= 15 is 0 Å². The Bertz CT molecular complexity index is 1020. The van der Waals surface area contributed by atoms with Crippen molar-refractivity contribution in [2.75, 3.05) is 37.6 Å². The fourth-order valence-electron chi connectivity index (χ4n) is 3.42. The van der Waals surface area contributed by atoms with Gasteiger partial charge in [-0.25, -0.2) is 8.42 Å². The normalized spacial score (nSPS) is 15.3. The van der Waals surface area contributed by atoms with Gasteiger partial charge in [0.05, 0.1) is 10.9 Å². The Morgan fingerprint density at radius 1 is 1.00 bits per heavy atom. The van der Waals surface area contributed by atoms with Gasteiger partial charge in [0, 0.05) is 49.9 Å². The van der Waals surface area contributed by atoms with E-state index in [9.17, 15) is 18.0 Å². The minimum Gasteiger partial charge on any atom is -0.368 e. The summed E-state index contributed by atoms with van der Waals surface area (Å²) in [6.07, 6.45) is 0.160. The van der Waals surface area contributed by atoms with Gasteiger partial charge in [0.2, 0.25) is 21.8 Å². The van der Waals surface area contributed by atoms with Crippen LogP contribution in [0.4, 0.5) is 5.69 Å². The Morgan fingerprint density at radius 3 is 2.25 bits per heavy atom. The Balaban J connectivity index is 1.40. The molecule has 1 heterocycles. The molecule has 0 radical (unpaired) electrons. The Kier molecular flexibility index (Phi) is 8.11. The Morgan fingerprint density at radius 2 is 1.62 bits per heavy atom. The number of hydrogen-bond acceptors (Lipinski definition) is 5. The largest absolute Gasteiger partial charge is 0.368 e. The fourth-order valence-corrected chi connectivity index (χ4v) is 4.75. The van der Waals surface area contributed by atoms with Crippen LogP contribution >= 0.6 is 11.6 Å². The molecule has 1 atom stereocenters. The molecule has 1 aliphatic rings. The molecule has 0 aromatic heterocycles. The van der Waals surface area contributed by atoms with Crippen LogP contribution < -0.4 is 14.9 Å². The summed E-state index contributed by atoms with van der Waals surface area (Å²) in [6, 6.07) is 14.7. The van der Waals surface area contributed by atoms with E-state index in [0.717, 1.165) is 18.8 Å². The van der Waals surface area contributed by atoms with Gasteiger partial charge in [-0.2, -0.15) is 4.72 Å². The maximum Gasteiger partial charge on any atom is 0.241 e. The van der Waals surface area contributed by atoms with Crippen molar-refractivity contribution in [2.24, 2.45) is 0 Å².